The van der Waals surface area contributed by atoms with Gasteiger partial charge < -0.3 is 9.67 Å². The van der Waals surface area contributed by atoms with Crippen molar-refractivity contribution in [2.45, 2.75) is 45.6 Å². The predicted octanol–water partition coefficient (Wildman–Crippen LogP) is 1.92. The summed E-state index contributed by atoms with van der Waals surface area (Å²) in [5, 5.41) is 18.4. The van der Waals surface area contributed by atoms with Crippen LogP contribution in [0.1, 0.15) is 49.8 Å². The molecule has 0 spiro atoms. The third-order valence-electron chi connectivity index (χ3n) is 3.46. The molecule has 1 aliphatic rings. The summed E-state index contributed by atoms with van der Waals surface area (Å²) in [6.07, 6.45) is 2.88. The van der Waals surface area contributed by atoms with E-state index in [1.54, 1.807) is 0 Å². The Kier molecular flexibility index (Phi) is 3.37. The first-order valence-electron chi connectivity index (χ1n) is 6.28. The third-order valence-corrected chi connectivity index (χ3v) is 3.46. The predicted molar refractivity (Wildman–Crippen MR) is 65.1 cm³/mol. The maximum absolute atomic E-state index is 11.4. The third kappa shape index (κ3) is 1.99. The van der Waals surface area contributed by atoms with Gasteiger partial charge in [0.25, 0.3) is 0 Å². The normalized spacial score (nSPS) is 16.1. The van der Waals surface area contributed by atoms with Crippen molar-refractivity contribution in [3.63, 3.8) is 0 Å². The van der Waals surface area contributed by atoms with Crippen LogP contribution in [0.3, 0.4) is 0 Å². The largest absolute Gasteiger partial charge is 0.481 e. The van der Waals surface area contributed by atoms with Crippen molar-refractivity contribution < 1.29 is 9.90 Å². The number of rotatable bonds is 3. The highest BCUT2D eigenvalue weighted by molar-refractivity contribution is 5.75. The molecule has 0 saturated carbocycles. The van der Waals surface area contributed by atoms with Gasteiger partial charge in [0.05, 0.1) is 5.69 Å². The molecule has 2 heterocycles. The van der Waals surface area contributed by atoms with E-state index in [2.05, 4.69) is 11.1 Å². The molecular weight excluding hydrogens is 230 g/mol. The first kappa shape index (κ1) is 12.6. The summed E-state index contributed by atoms with van der Waals surface area (Å²) in [6.45, 7) is 4.51. The van der Waals surface area contributed by atoms with Gasteiger partial charge in [-0.25, -0.2) is 4.98 Å². The molecule has 1 N–H and O–H groups in total. The van der Waals surface area contributed by atoms with Crippen LogP contribution in [0.2, 0.25) is 0 Å². The number of carboxylic acid groups (broad SMARTS) is 1. The molecule has 1 unspecified atom stereocenters. The van der Waals surface area contributed by atoms with Crippen molar-refractivity contribution in [3.05, 3.63) is 17.2 Å². The number of nitriles is 1. The summed E-state index contributed by atoms with van der Waals surface area (Å²) in [6, 6.07) is 2.08. The highest BCUT2D eigenvalue weighted by Crippen LogP contribution is 2.29. The van der Waals surface area contributed by atoms with Gasteiger partial charge in [-0.1, -0.05) is 13.8 Å². The Balaban J connectivity index is 2.54. The molecule has 0 saturated heterocycles. The number of fused-ring (bicyclic) bond motifs is 1. The molecule has 0 aliphatic carbocycles. The van der Waals surface area contributed by atoms with Gasteiger partial charge in [-0.05, 0) is 25.2 Å². The van der Waals surface area contributed by atoms with E-state index < -0.39 is 11.9 Å². The number of carbonyl (C=O) groups is 1. The average Bonchev–Trinajstić information content (AvgIpc) is 2.67. The maximum Gasteiger partial charge on any atom is 0.314 e. The van der Waals surface area contributed by atoms with Crippen LogP contribution in [-0.2, 0) is 17.8 Å². The first-order chi connectivity index (χ1) is 8.56. The molecule has 1 aliphatic heterocycles. The Bertz CT molecular complexity index is 511. The lowest BCUT2D eigenvalue weighted by atomic mass is 9.95. The number of imidazole rings is 1. The molecule has 1 atom stereocenters. The zero-order valence-electron chi connectivity index (χ0n) is 10.7. The van der Waals surface area contributed by atoms with Gasteiger partial charge in [-0.3, -0.25) is 4.79 Å². The molecule has 1 aromatic rings. The summed E-state index contributed by atoms with van der Waals surface area (Å²) in [7, 11) is 0. The minimum Gasteiger partial charge on any atom is -0.481 e. The molecule has 0 fully saturated rings. The van der Waals surface area contributed by atoms with Crippen molar-refractivity contribution in [1.29, 1.82) is 5.26 Å². The Labute approximate surface area is 106 Å². The maximum atomic E-state index is 11.4. The molecule has 5 nitrogen and oxygen atoms in total. The highest BCUT2D eigenvalue weighted by atomic mass is 16.4. The zero-order chi connectivity index (χ0) is 13.3. The molecule has 2 rings (SSSR count). The molecule has 0 radical (unpaired) electrons. The highest BCUT2D eigenvalue weighted by Gasteiger charge is 2.31. The molecule has 0 aromatic carbocycles. The summed E-state index contributed by atoms with van der Waals surface area (Å²) in [5.74, 6) is -0.997. The van der Waals surface area contributed by atoms with E-state index in [0.717, 1.165) is 31.5 Å². The molecule has 0 bridgehead atoms. The average molecular weight is 247 g/mol. The van der Waals surface area contributed by atoms with Crippen LogP contribution in [0.5, 0.6) is 0 Å². The smallest absolute Gasteiger partial charge is 0.314 e. The van der Waals surface area contributed by atoms with Crippen LogP contribution >= 0.6 is 0 Å². The summed E-state index contributed by atoms with van der Waals surface area (Å²) < 4.78 is 1.95. The number of carboxylic acids is 1. The number of nitrogens with zero attached hydrogens (tertiary/aromatic N) is 3. The van der Waals surface area contributed by atoms with Gasteiger partial charge in [0.2, 0.25) is 0 Å². The second-order valence-electron chi connectivity index (χ2n) is 5.05. The zero-order valence-corrected chi connectivity index (χ0v) is 10.7. The topological polar surface area (TPSA) is 78.9 Å². The quantitative estimate of drug-likeness (QED) is 0.884. The van der Waals surface area contributed by atoms with Crippen molar-refractivity contribution in [3.8, 4) is 6.07 Å². The van der Waals surface area contributed by atoms with E-state index in [-0.39, 0.29) is 5.92 Å². The summed E-state index contributed by atoms with van der Waals surface area (Å²) in [5.41, 5.74) is 1.31. The second kappa shape index (κ2) is 4.81. The summed E-state index contributed by atoms with van der Waals surface area (Å²) in [4.78, 5) is 15.7. The Morgan fingerprint density at radius 1 is 1.50 bits per heavy atom. The molecule has 5 heteroatoms. The fourth-order valence-electron chi connectivity index (χ4n) is 2.59. The fourth-order valence-corrected chi connectivity index (χ4v) is 2.59. The van der Waals surface area contributed by atoms with Gasteiger partial charge in [-0.2, -0.15) is 5.26 Å². The molecule has 96 valence electrons. The number of aromatic nitrogens is 2. The van der Waals surface area contributed by atoms with E-state index in [9.17, 15) is 9.90 Å². The molecular formula is C13H17N3O2. The van der Waals surface area contributed by atoms with Crippen molar-refractivity contribution in [2.24, 2.45) is 5.92 Å². The Hall–Kier alpha value is -1.83. The van der Waals surface area contributed by atoms with E-state index >= 15 is 0 Å². The fraction of sp³-hybridized carbons (Fsp3) is 0.615. The number of hydrogen-bond acceptors (Lipinski definition) is 3. The van der Waals surface area contributed by atoms with E-state index in [0.29, 0.717) is 11.5 Å². The van der Waals surface area contributed by atoms with Crippen LogP contribution < -0.4 is 0 Å². The van der Waals surface area contributed by atoms with E-state index in [1.165, 1.54) is 0 Å². The number of aliphatic carboxylic acids is 1. The minimum atomic E-state index is -0.868. The Morgan fingerprint density at radius 2 is 2.22 bits per heavy atom. The van der Waals surface area contributed by atoms with Crippen LogP contribution in [0.25, 0.3) is 0 Å². The lowest BCUT2D eigenvalue weighted by Crippen LogP contribution is -2.23. The Morgan fingerprint density at radius 3 is 2.78 bits per heavy atom. The minimum absolute atomic E-state index is 0.0394. The molecule has 18 heavy (non-hydrogen) atoms. The SMILES string of the molecule is CC(C)C(C(=O)O)c1nc(C#N)c2n1CCCC2. The van der Waals surface area contributed by atoms with Gasteiger partial charge in [0.15, 0.2) is 5.69 Å². The van der Waals surface area contributed by atoms with Crippen molar-refractivity contribution in [2.75, 3.05) is 0 Å². The number of hydrogen-bond donors (Lipinski definition) is 1. The van der Waals surface area contributed by atoms with Gasteiger partial charge in [0.1, 0.15) is 17.8 Å². The van der Waals surface area contributed by atoms with Gasteiger partial charge in [-0.15, -0.1) is 0 Å². The van der Waals surface area contributed by atoms with Crippen LogP contribution in [-0.4, -0.2) is 20.6 Å². The van der Waals surface area contributed by atoms with E-state index in [1.807, 2.05) is 18.4 Å². The molecule has 1 aromatic heterocycles. The lowest BCUT2D eigenvalue weighted by Gasteiger charge is -2.21. The van der Waals surface area contributed by atoms with Crippen molar-refractivity contribution >= 4 is 5.97 Å². The van der Waals surface area contributed by atoms with Crippen LogP contribution in [0.4, 0.5) is 0 Å². The van der Waals surface area contributed by atoms with Crippen molar-refractivity contribution in [1.82, 2.24) is 9.55 Å². The van der Waals surface area contributed by atoms with Gasteiger partial charge in [0, 0.05) is 6.54 Å². The van der Waals surface area contributed by atoms with Crippen LogP contribution in [0, 0.1) is 17.2 Å². The van der Waals surface area contributed by atoms with Gasteiger partial charge >= 0.3 is 5.97 Å². The second-order valence-corrected chi connectivity index (χ2v) is 5.05. The monoisotopic (exact) mass is 247 g/mol. The van der Waals surface area contributed by atoms with E-state index in [4.69, 9.17) is 5.26 Å². The van der Waals surface area contributed by atoms with Crippen LogP contribution in [0.15, 0.2) is 0 Å². The first-order valence-corrected chi connectivity index (χ1v) is 6.28. The molecule has 0 amide bonds. The summed E-state index contributed by atoms with van der Waals surface area (Å²) >= 11 is 0. The lowest BCUT2D eigenvalue weighted by molar-refractivity contribution is -0.140. The standard InChI is InChI=1S/C13H17N3O2/c1-8(2)11(13(17)18)12-15-9(7-14)10-5-3-4-6-16(10)12/h8,11H,3-6H2,1-2H3,(H,17,18).